The van der Waals surface area contributed by atoms with Crippen LogP contribution in [0.15, 0.2) is 72.8 Å². The second kappa shape index (κ2) is 9.99. The van der Waals surface area contributed by atoms with Crippen molar-refractivity contribution in [2.75, 3.05) is 0 Å². The van der Waals surface area contributed by atoms with Gasteiger partial charge < -0.3 is 5.11 Å². The molecule has 1 nitrogen and oxygen atoms in total. The Morgan fingerprint density at radius 1 is 0.842 bits per heavy atom. The third-order valence-corrected chi connectivity index (χ3v) is 2.30. The number of phenols is 1. The van der Waals surface area contributed by atoms with E-state index in [1.165, 1.54) is 10.8 Å². The zero-order valence-corrected chi connectivity index (χ0v) is 13.2. The fourth-order valence-electron chi connectivity index (χ4n) is 1.50. The molecule has 0 aliphatic rings. The van der Waals surface area contributed by atoms with E-state index >= 15 is 0 Å². The van der Waals surface area contributed by atoms with Crippen molar-refractivity contribution in [1.82, 2.24) is 0 Å². The van der Waals surface area contributed by atoms with Crippen molar-refractivity contribution in [2.45, 2.75) is 0 Å². The van der Waals surface area contributed by atoms with Crippen molar-refractivity contribution in [3.8, 4) is 5.75 Å². The molecule has 3 aromatic carbocycles. The van der Waals surface area contributed by atoms with Crippen LogP contribution in [0, 0.1) is 0 Å². The van der Waals surface area contributed by atoms with Crippen molar-refractivity contribution in [3.63, 3.8) is 0 Å². The van der Waals surface area contributed by atoms with Gasteiger partial charge in [0, 0.05) is 0 Å². The molecule has 3 rings (SSSR count). The zero-order chi connectivity index (χ0) is 13.9. The van der Waals surface area contributed by atoms with Gasteiger partial charge in [-0.1, -0.05) is 24.3 Å². The van der Waals surface area contributed by atoms with Crippen LogP contribution in [0.1, 0.15) is 0 Å². The quantitative estimate of drug-likeness (QED) is 0.437. The van der Waals surface area contributed by atoms with Gasteiger partial charge >= 0.3 is 35.6 Å². The van der Waals surface area contributed by atoms with Crippen LogP contribution in [-0.2, 0) is 17.0 Å². The third-order valence-electron chi connectivity index (χ3n) is 2.30. The van der Waals surface area contributed by atoms with E-state index in [1.54, 1.807) is 24.3 Å². The molecule has 3 aromatic rings. The van der Waals surface area contributed by atoms with E-state index in [1.807, 2.05) is 6.07 Å². The van der Waals surface area contributed by atoms with Crippen LogP contribution >= 0.6 is 18.6 Å². The summed E-state index contributed by atoms with van der Waals surface area (Å²) in [6, 6.07) is 23.4. The van der Waals surface area contributed by atoms with Crippen molar-refractivity contribution >= 4 is 29.4 Å². The first-order valence-electron chi connectivity index (χ1n) is 5.58. The molecule has 0 radical (unpaired) electrons. The predicted octanol–water partition coefficient (Wildman–Crippen LogP) is 5.33. The molecular formula is C15H13Cl2OTi-. The number of aromatic hydroxyl groups is 1. The first-order chi connectivity index (χ1) is 9.27. The van der Waals surface area contributed by atoms with Crippen LogP contribution in [0.5, 0.6) is 5.75 Å². The molecule has 98 valence electrons. The number of phenolic OH excluding ortho intramolecular Hbond substituents is 1. The van der Waals surface area contributed by atoms with Crippen LogP contribution in [0.4, 0.5) is 0 Å². The molecule has 1 N–H and O–H groups in total. The summed E-state index contributed by atoms with van der Waals surface area (Å²) in [4.78, 5) is 0. The maximum atomic E-state index is 8.63. The van der Waals surface area contributed by atoms with Gasteiger partial charge in [0.05, 0.1) is 0 Å². The molecule has 19 heavy (non-hydrogen) atoms. The van der Waals surface area contributed by atoms with E-state index in [2.05, 4.69) is 42.5 Å². The fraction of sp³-hybridized carbons (Fsp3) is 0. The Bertz CT molecular complexity index is 536. The van der Waals surface area contributed by atoms with Gasteiger partial charge in [-0.25, -0.2) is 0 Å². The standard InChI is InChI=1S/C9H7.C6H6O.2ClH.Ti/c1-2-5-9-7-3-6-8(9)4-1;7-6-4-2-1-3-5-6;;;/h1-7H;1-5,7H;2*1H;/q-1;;;;+2/p-2. The van der Waals surface area contributed by atoms with Crippen LogP contribution in [0.25, 0.3) is 10.8 Å². The molecule has 0 amide bonds. The topological polar surface area (TPSA) is 20.2 Å². The first-order valence-corrected chi connectivity index (χ1v) is 9.88. The second-order valence-corrected chi connectivity index (χ2v) is 6.14. The SMILES string of the molecule is Oc1ccccc1.[Cl][Ti][Cl].c1ccc2[cH-]ccc2c1. The largest absolute Gasteiger partial charge is 0.168 e. The number of hydrogen-bond donors (Lipinski definition) is 1. The molecule has 0 unspecified atom stereocenters. The molecule has 0 aliphatic heterocycles. The molecule has 0 fully saturated rings. The molecule has 0 saturated carbocycles. The van der Waals surface area contributed by atoms with Gasteiger partial charge in [0.1, 0.15) is 5.75 Å². The number of benzene rings is 2. The summed E-state index contributed by atoms with van der Waals surface area (Å²) in [5, 5.41) is 11.3. The molecule has 0 aromatic heterocycles. The number of fused-ring (bicyclic) bond motifs is 1. The Balaban J connectivity index is 0.000000162. The molecule has 0 spiro atoms. The van der Waals surface area contributed by atoms with Crippen LogP contribution in [0.2, 0.25) is 0 Å². The number of rotatable bonds is 0. The Labute approximate surface area is 129 Å². The Kier molecular flexibility index (Phi) is 8.52. The van der Waals surface area contributed by atoms with Gasteiger partial charge in [-0.15, -0.1) is 29.7 Å². The van der Waals surface area contributed by atoms with Crippen molar-refractivity contribution in [3.05, 3.63) is 72.8 Å². The van der Waals surface area contributed by atoms with Crippen molar-refractivity contribution < 1.29 is 22.1 Å². The zero-order valence-electron chi connectivity index (χ0n) is 10.1. The van der Waals surface area contributed by atoms with Gasteiger partial charge in [0.25, 0.3) is 0 Å². The normalized spacial score (nSPS) is 8.74. The average molecular weight is 328 g/mol. The number of halogens is 2. The van der Waals surface area contributed by atoms with E-state index in [0.717, 1.165) is 0 Å². The summed E-state index contributed by atoms with van der Waals surface area (Å²) < 4.78 is 0. The summed E-state index contributed by atoms with van der Waals surface area (Å²) in [5.74, 6) is 0.322. The summed E-state index contributed by atoms with van der Waals surface area (Å²) >= 11 is -0.556. The molecule has 0 bridgehead atoms. The van der Waals surface area contributed by atoms with E-state index < -0.39 is 17.0 Å². The Morgan fingerprint density at radius 2 is 1.42 bits per heavy atom. The van der Waals surface area contributed by atoms with E-state index in [-0.39, 0.29) is 0 Å². The maximum absolute atomic E-state index is 8.63. The summed E-state index contributed by atoms with van der Waals surface area (Å²) in [6.07, 6.45) is 0. The second-order valence-electron chi connectivity index (χ2n) is 3.56. The van der Waals surface area contributed by atoms with Crippen LogP contribution < -0.4 is 0 Å². The van der Waals surface area contributed by atoms with E-state index in [4.69, 9.17) is 23.7 Å². The van der Waals surface area contributed by atoms with Crippen molar-refractivity contribution in [2.24, 2.45) is 0 Å². The Morgan fingerprint density at radius 3 is 1.95 bits per heavy atom. The smallest absolute Gasteiger partial charge is 0.0809 e. The van der Waals surface area contributed by atoms with Gasteiger partial charge in [-0.2, -0.15) is 17.5 Å². The van der Waals surface area contributed by atoms with Crippen LogP contribution in [0.3, 0.4) is 0 Å². The Hall–Kier alpha value is -0.856. The van der Waals surface area contributed by atoms with Gasteiger partial charge in [-0.3, -0.25) is 0 Å². The minimum atomic E-state index is -0.556. The minimum absolute atomic E-state index is 0.322. The molecule has 0 aliphatic carbocycles. The van der Waals surface area contributed by atoms with Crippen molar-refractivity contribution in [1.29, 1.82) is 0 Å². The first kappa shape index (κ1) is 16.2. The predicted molar refractivity (Wildman–Crippen MR) is 79.4 cm³/mol. The number of para-hydroxylation sites is 1. The van der Waals surface area contributed by atoms with E-state index in [0.29, 0.717) is 5.75 Å². The van der Waals surface area contributed by atoms with Crippen LogP contribution in [-0.4, -0.2) is 5.11 Å². The van der Waals surface area contributed by atoms with E-state index in [9.17, 15) is 0 Å². The van der Waals surface area contributed by atoms with Gasteiger partial charge in [0.2, 0.25) is 0 Å². The summed E-state index contributed by atoms with van der Waals surface area (Å²) in [7, 11) is 9.78. The fourth-order valence-corrected chi connectivity index (χ4v) is 1.50. The minimum Gasteiger partial charge on any atom is -0.168 e. The monoisotopic (exact) mass is 327 g/mol. The maximum Gasteiger partial charge on any atom is -0.0809 e. The molecule has 0 atom stereocenters. The molecular weight excluding hydrogens is 315 g/mol. The summed E-state index contributed by atoms with van der Waals surface area (Å²) in [6.45, 7) is 0. The third kappa shape index (κ3) is 6.75. The molecule has 4 heteroatoms. The average Bonchev–Trinajstić information content (AvgIpc) is 2.89. The van der Waals surface area contributed by atoms with Gasteiger partial charge in [0.15, 0.2) is 0 Å². The molecule has 0 saturated heterocycles. The molecule has 0 heterocycles. The summed E-state index contributed by atoms with van der Waals surface area (Å²) in [5.41, 5.74) is 0. The van der Waals surface area contributed by atoms with Gasteiger partial charge in [-0.05, 0) is 12.1 Å². The number of hydrogen-bond acceptors (Lipinski definition) is 1.